The molecule has 30 heavy (non-hydrogen) atoms. The number of ether oxygens (including phenoxy) is 2. The molecule has 0 aromatic heterocycles. The first-order chi connectivity index (χ1) is 14.7. The third-order valence-corrected chi connectivity index (χ3v) is 4.44. The van der Waals surface area contributed by atoms with E-state index in [-0.39, 0.29) is 25.0 Å². The maximum atomic E-state index is 12.6. The highest BCUT2D eigenvalue weighted by atomic mass is 16.5. The Labute approximate surface area is 174 Å². The van der Waals surface area contributed by atoms with Crippen molar-refractivity contribution in [1.29, 1.82) is 0 Å². The molecule has 0 radical (unpaired) electrons. The van der Waals surface area contributed by atoms with Gasteiger partial charge in [0.15, 0.2) is 6.61 Å². The fourth-order valence-corrected chi connectivity index (χ4v) is 2.99. The second-order valence-corrected chi connectivity index (χ2v) is 6.68. The summed E-state index contributed by atoms with van der Waals surface area (Å²) >= 11 is 0. The van der Waals surface area contributed by atoms with Gasteiger partial charge in [0.05, 0.1) is 5.57 Å². The van der Waals surface area contributed by atoms with Gasteiger partial charge in [0.1, 0.15) is 18.1 Å². The van der Waals surface area contributed by atoms with Crippen LogP contribution in [-0.4, -0.2) is 25.0 Å². The lowest BCUT2D eigenvalue weighted by Gasteiger charge is -2.17. The highest BCUT2D eigenvalue weighted by Crippen LogP contribution is 2.26. The van der Waals surface area contributed by atoms with Crippen LogP contribution in [0.1, 0.15) is 5.56 Å². The Hall–Kier alpha value is -4.06. The smallest absolute Gasteiger partial charge is 0.262 e. The fourth-order valence-electron chi connectivity index (χ4n) is 2.99. The van der Waals surface area contributed by atoms with E-state index in [2.05, 4.69) is 10.6 Å². The van der Waals surface area contributed by atoms with Gasteiger partial charge in [-0.25, -0.2) is 0 Å². The van der Waals surface area contributed by atoms with Crippen LogP contribution in [0.4, 0.5) is 11.4 Å². The minimum atomic E-state index is -0.265. The first kappa shape index (κ1) is 19.3. The molecule has 0 saturated carbocycles. The molecule has 6 heteroatoms. The van der Waals surface area contributed by atoms with E-state index >= 15 is 0 Å². The number of rotatable bonds is 6. The number of fused-ring (bicyclic) bond motifs is 1. The van der Waals surface area contributed by atoms with E-state index < -0.39 is 0 Å². The van der Waals surface area contributed by atoms with E-state index in [0.29, 0.717) is 22.7 Å². The molecule has 2 N–H and O–H groups in total. The number of benzene rings is 3. The molecule has 0 spiro atoms. The molecule has 1 aliphatic rings. The maximum Gasteiger partial charge on any atom is 0.262 e. The number of hydrogen-bond donors (Lipinski definition) is 2. The first-order valence-corrected chi connectivity index (χ1v) is 9.49. The summed E-state index contributed by atoms with van der Waals surface area (Å²) in [5.74, 6) is 0.732. The Kier molecular flexibility index (Phi) is 5.75. The van der Waals surface area contributed by atoms with Gasteiger partial charge in [-0.3, -0.25) is 9.59 Å². The van der Waals surface area contributed by atoms with Gasteiger partial charge >= 0.3 is 0 Å². The van der Waals surface area contributed by atoms with Crippen LogP contribution in [-0.2, 0) is 9.59 Å². The Bertz CT molecular complexity index is 1090. The zero-order chi connectivity index (χ0) is 20.8. The van der Waals surface area contributed by atoms with Crippen molar-refractivity contribution in [2.75, 3.05) is 23.8 Å². The molecule has 0 aliphatic carbocycles. The number of nitrogens with one attached hydrogen (secondary N) is 2. The van der Waals surface area contributed by atoms with Crippen molar-refractivity contribution in [3.8, 4) is 11.5 Å². The number of carbonyl (C=O) groups excluding carboxylic acids is 2. The summed E-state index contributed by atoms with van der Waals surface area (Å²) in [5.41, 5.74) is 2.68. The van der Waals surface area contributed by atoms with Crippen LogP contribution in [0, 0.1) is 0 Å². The van der Waals surface area contributed by atoms with Gasteiger partial charge in [-0.1, -0.05) is 42.5 Å². The molecule has 0 fully saturated rings. The molecule has 3 aromatic rings. The third-order valence-electron chi connectivity index (χ3n) is 4.44. The van der Waals surface area contributed by atoms with Crippen molar-refractivity contribution in [1.82, 2.24) is 0 Å². The summed E-state index contributed by atoms with van der Waals surface area (Å²) < 4.78 is 11.2. The molecule has 0 unspecified atom stereocenters. The highest BCUT2D eigenvalue weighted by molar-refractivity contribution is 6.07. The topological polar surface area (TPSA) is 76.7 Å². The predicted molar refractivity (Wildman–Crippen MR) is 116 cm³/mol. The van der Waals surface area contributed by atoms with Gasteiger partial charge < -0.3 is 20.1 Å². The Balaban J connectivity index is 1.35. The lowest BCUT2D eigenvalue weighted by molar-refractivity contribution is -0.118. The Morgan fingerprint density at radius 3 is 2.50 bits per heavy atom. The average molecular weight is 400 g/mol. The molecule has 6 nitrogen and oxygen atoms in total. The molecule has 4 rings (SSSR count). The minimum absolute atomic E-state index is 0.137. The molecule has 3 aromatic carbocycles. The molecule has 0 atom stereocenters. The molecule has 0 saturated heterocycles. The Morgan fingerprint density at radius 1 is 0.867 bits per heavy atom. The number of carbonyl (C=O) groups is 2. The van der Waals surface area contributed by atoms with E-state index in [0.717, 1.165) is 11.3 Å². The standard InChI is InChI=1S/C24H20N2O4/c27-23(25-19-8-2-1-3-9-19)16-29-21-11-6-10-20(14-21)26-24(28)18-13-17-7-4-5-12-22(17)30-15-18/h1-14H,15-16H2,(H,25,27)(H,26,28). The largest absolute Gasteiger partial charge is 0.488 e. The van der Waals surface area contributed by atoms with Crippen LogP contribution in [0.3, 0.4) is 0 Å². The van der Waals surface area contributed by atoms with Gasteiger partial charge in [0.25, 0.3) is 11.8 Å². The lowest BCUT2D eigenvalue weighted by Crippen LogP contribution is -2.21. The normalized spacial score (nSPS) is 12.1. The molecular weight excluding hydrogens is 380 g/mol. The molecule has 0 bridgehead atoms. The zero-order valence-electron chi connectivity index (χ0n) is 16.1. The SMILES string of the molecule is O=C(COc1cccc(NC(=O)C2=Cc3ccccc3OC2)c1)Nc1ccccc1. The summed E-state index contributed by atoms with van der Waals surface area (Å²) in [7, 11) is 0. The monoisotopic (exact) mass is 400 g/mol. The van der Waals surface area contributed by atoms with Gasteiger partial charge in [0.2, 0.25) is 0 Å². The minimum Gasteiger partial charge on any atom is -0.488 e. The lowest BCUT2D eigenvalue weighted by atomic mass is 10.1. The van der Waals surface area contributed by atoms with Gasteiger partial charge in [-0.2, -0.15) is 0 Å². The predicted octanol–water partition coefficient (Wildman–Crippen LogP) is 4.12. The van der Waals surface area contributed by atoms with E-state index in [9.17, 15) is 9.59 Å². The summed E-state index contributed by atoms with van der Waals surface area (Å²) in [6.45, 7) is 0.0702. The highest BCUT2D eigenvalue weighted by Gasteiger charge is 2.17. The summed E-state index contributed by atoms with van der Waals surface area (Å²) in [5, 5.41) is 5.60. The van der Waals surface area contributed by atoms with Crippen LogP contribution < -0.4 is 20.1 Å². The van der Waals surface area contributed by atoms with Crippen LogP contribution in [0.15, 0.2) is 84.4 Å². The number of anilines is 2. The second kappa shape index (κ2) is 8.96. The van der Waals surface area contributed by atoms with E-state index in [1.165, 1.54) is 0 Å². The number of para-hydroxylation sites is 2. The number of amides is 2. The van der Waals surface area contributed by atoms with Crippen LogP contribution in [0.2, 0.25) is 0 Å². The van der Waals surface area contributed by atoms with Crippen molar-refractivity contribution in [3.05, 3.63) is 90.0 Å². The van der Waals surface area contributed by atoms with Gasteiger partial charge in [0, 0.05) is 23.0 Å². The van der Waals surface area contributed by atoms with Gasteiger partial charge in [-0.05, 0) is 36.4 Å². The van der Waals surface area contributed by atoms with E-state index in [4.69, 9.17) is 9.47 Å². The van der Waals surface area contributed by atoms with Crippen molar-refractivity contribution < 1.29 is 19.1 Å². The summed E-state index contributed by atoms with van der Waals surface area (Å²) in [6, 6.07) is 23.6. The number of hydrogen-bond acceptors (Lipinski definition) is 4. The third kappa shape index (κ3) is 4.86. The van der Waals surface area contributed by atoms with Crippen molar-refractivity contribution >= 4 is 29.3 Å². The molecule has 150 valence electrons. The first-order valence-electron chi connectivity index (χ1n) is 9.49. The molecule has 2 amide bonds. The van der Waals surface area contributed by atoms with Gasteiger partial charge in [-0.15, -0.1) is 0 Å². The van der Waals surface area contributed by atoms with Crippen LogP contribution in [0.5, 0.6) is 11.5 Å². The summed E-state index contributed by atoms with van der Waals surface area (Å²) in [4.78, 5) is 24.6. The zero-order valence-corrected chi connectivity index (χ0v) is 16.1. The molecule has 1 heterocycles. The Morgan fingerprint density at radius 2 is 1.63 bits per heavy atom. The van der Waals surface area contributed by atoms with Crippen molar-refractivity contribution in [3.63, 3.8) is 0 Å². The van der Waals surface area contributed by atoms with Crippen molar-refractivity contribution in [2.24, 2.45) is 0 Å². The average Bonchev–Trinajstić information content (AvgIpc) is 2.78. The van der Waals surface area contributed by atoms with E-state index in [1.54, 1.807) is 36.4 Å². The fraction of sp³-hybridized carbons (Fsp3) is 0.0833. The van der Waals surface area contributed by atoms with Crippen LogP contribution in [0.25, 0.3) is 6.08 Å². The summed E-state index contributed by atoms with van der Waals surface area (Å²) in [6.07, 6.45) is 1.82. The maximum absolute atomic E-state index is 12.6. The van der Waals surface area contributed by atoms with Crippen molar-refractivity contribution in [2.45, 2.75) is 0 Å². The van der Waals surface area contributed by atoms with Crippen LogP contribution >= 0.6 is 0 Å². The molecular formula is C24H20N2O4. The molecule has 1 aliphatic heterocycles. The second-order valence-electron chi connectivity index (χ2n) is 6.68. The van der Waals surface area contributed by atoms with E-state index in [1.807, 2.05) is 48.5 Å². The quantitative estimate of drug-likeness (QED) is 0.653.